The lowest BCUT2D eigenvalue weighted by molar-refractivity contribution is -0.111. The summed E-state index contributed by atoms with van der Waals surface area (Å²) in [5.74, 6) is -0.594. The predicted octanol–water partition coefficient (Wildman–Crippen LogP) is 3.40. The van der Waals surface area contributed by atoms with Gasteiger partial charge < -0.3 is 14.8 Å². The van der Waals surface area contributed by atoms with Crippen molar-refractivity contribution in [2.75, 3.05) is 31.9 Å². The van der Waals surface area contributed by atoms with E-state index in [0.717, 1.165) is 6.26 Å². The van der Waals surface area contributed by atoms with Gasteiger partial charge >= 0.3 is 0 Å². The van der Waals surface area contributed by atoms with Gasteiger partial charge in [0.25, 0.3) is 5.91 Å². The first-order chi connectivity index (χ1) is 16.2. The highest BCUT2D eigenvalue weighted by atomic mass is 32.2. The Morgan fingerprint density at radius 1 is 1.12 bits per heavy atom. The number of hydrogen-bond donors (Lipinski definition) is 1. The zero-order chi connectivity index (χ0) is 24.7. The molecule has 0 bridgehead atoms. The van der Waals surface area contributed by atoms with Gasteiger partial charge in [0.1, 0.15) is 12.3 Å². The Morgan fingerprint density at radius 2 is 1.79 bits per heavy atom. The van der Waals surface area contributed by atoms with Crippen LogP contribution in [0.15, 0.2) is 47.6 Å². The number of benzene rings is 1. The molecule has 184 valence electrons. The minimum atomic E-state index is -3.42. The van der Waals surface area contributed by atoms with Crippen molar-refractivity contribution in [2.45, 2.75) is 36.5 Å². The third-order valence-electron chi connectivity index (χ3n) is 5.30. The lowest BCUT2D eigenvalue weighted by atomic mass is 9.98. The maximum absolute atomic E-state index is 13.7. The van der Waals surface area contributed by atoms with Crippen LogP contribution in [0, 0.1) is 5.92 Å². The van der Waals surface area contributed by atoms with Crippen LogP contribution in [-0.2, 0) is 19.4 Å². The predicted molar refractivity (Wildman–Crippen MR) is 123 cm³/mol. The molecule has 1 aliphatic carbocycles. The van der Waals surface area contributed by atoms with Gasteiger partial charge in [-0.1, -0.05) is 18.2 Å². The fourth-order valence-electron chi connectivity index (χ4n) is 3.55. The van der Waals surface area contributed by atoms with E-state index >= 15 is 0 Å². The second-order valence-corrected chi connectivity index (χ2v) is 10.0. The summed E-state index contributed by atoms with van der Waals surface area (Å²) in [5.41, 5.74) is 0.571. The van der Waals surface area contributed by atoms with Gasteiger partial charge in [-0.2, -0.15) is 0 Å². The second-order valence-electron chi connectivity index (χ2n) is 8.03. The standard InChI is InChI=1S/C23H27F2N3O5S/c1-32-8-3-9-33-22-14-26-21(13-27-22)28-23(29)18(10-15-11-19(24)20(25)12-15)16-4-6-17(7-5-16)34(2,30)31/h4-7,10,13-15,19-20H,3,8-9,11-12H2,1-2H3,(H,26,28,29)/b18-10+/t15-,19+,20-. The summed E-state index contributed by atoms with van der Waals surface area (Å²) in [7, 11) is -1.83. The summed E-state index contributed by atoms with van der Waals surface area (Å²) in [6.45, 7) is 0.951. The highest BCUT2D eigenvalue weighted by Gasteiger charge is 2.34. The van der Waals surface area contributed by atoms with Gasteiger partial charge in [-0.05, 0) is 36.5 Å². The molecule has 2 aromatic rings. The number of amides is 1. The number of alkyl halides is 2. The lowest BCUT2D eigenvalue weighted by Gasteiger charge is -2.12. The Labute approximate surface area is 197 Å². The third kappa shape index (κ3) is 7.04. The molecule has 1 aromatic carbocycles. The first-order valence-corrected chi connectivity index (χ1v) is 12.6. The molecule has 1 fully saturated rings. The van der Waals surface area contributed by atoms with Gasteiger partial charge in [0.15, 0.2) is 15.7 Å². The van der Waals surface area contributed by atoms with Crippen LogP contribution in [0.25, 0.3) is 5.57 Å². The summed E-state index contributed by atoms with van der Waals surface area (Å²) in [4.78, 5) is 21.4. The van der Waals surface area contributed by atoms with Crippen LogP contribution in [0.5, 0.6) is 5.88 Å². The van der Waals surface area contributed by atoms with Gasteiger partial charge in [0, 0.05) is 32.0 Å². The molecular formula is C23H27F2N3O5S. The molecule has 1 heterocycles. The summed E-state index contributed by atoms with van der Waals surface area (Å²) < 4.78 is 61.3. The largest absolute Gasteiger partial charge is 0.476 e. The Balaban J connectivity index is 1.78. The van der Waals surface area contributed by atoms with Crippen molar-refractivity contribution in [3.8, 4) is 5.88 Å². The molecule has 1 saturated carbocycles. The van der Waals surface area contributed by atoms with Crippen molar-refractivity contribution in [3.05, 3.63) is 48.3 Å². The van der Waals surface area contributed by atoms with E-state index in [0.29, 0.717) is 25.2 Å². The second kappa shape index (κ2) is 11.5. The molecule has 1 aromatic heterocycles. The quantitative estimate of drug-likeness (QED) is 0.398. The molecule has 3 rings (SSSR count). The number of hydrogen-bond acceptors (Lipinski definition) is 7. The van der Waals surface area contributed by atoms with Crippen LogP contribution < -0.4 is 10.1 Å². The Kier molecular flexibility index (Phi) is 8.67. The van der Waals surface area contributed by atoms with Crippen LogP contribution in [0.3, 0.4) is 0 Å². The molecule has 1 N–H and O–H groups in total. The van der Waals surface area contributed by atoms with E-state index in [1.807, 2.05) is 0 Å². The van der Waals surface area contributed by atoms with E-state index in [1.165, 1.54) is 42.7 Å². The molecule has 1 aliphatic rings. The first-order valence-electron chi connectivity index (χ1n) is 10.7. The highest BCUT2D eigenvalue weighted by molar-refractivity contribution is 7.90. The number of sulfone groups is 1. The van der Waals surface area contributed by atoms with Gasteiger partial charge in [-0.3, -0.25) is 4.79 Å². The number of allylic oxidation sites excluding steroid dienone is 1. The molecular weight excluding hydrogens is 468 g/mol. The Bertz CT molecular complexity index is 1100. The lowest BCUT2D eigenvalue weighted by Crippen LogP contribution is -2.16. The van der Waals surface area contributed by atoms with Crippen molar-refractivity contribution in [1.82, 2.24) is 9.97 Å². The molecule has 34 heavy (non-hydrogen) atoms. The maximum Gasteiger partial charge on any atom is 0.257 e. The highest BCUT2D eigenvalue weighted by Crippen LogP contribution is 2.34. The number of halogens is 2. The summed E-state index contributed by atoms with van der Waals surface area (Å²) >= 11 is 0. The molecule has 3 atom stereocenters. The number of aromatic nitrogens is 2. The molecule has 0 radical (unpaired) electrons. The zero-order valence-electron chi connectivity index (χ0n) is 18.9. The van der Waals surface area contributed by atoms with E-state index in [1.54, 1.807) is 7.11 Å². The molecule has 0 aliphatic heterocycles. The normalized spacial score (nSPS) is 20.8. The number of nitrogens with zero attached hydrogens (tertiary/aromatic N) is 2. The van der Waals surface area contributed by atoms with E-state index in [2.05, 4.69) is 15.3 Å². The minimum absolute atomic E-state index is 0.0335. The first kappa shape index (κ1) is 25.7. The van der Waals surface area contributed by atoms with Crippen molar-refractivity contribution in [3.63, 3.8) is 0 Å². The number of nitrogens with one attached hydrogen (secondary N) is 1. The Morgan fingerprint density at radius 3 is 2.35 bits per heavy atom. The molecule has 8 nitrogen and oxygen atoms in total. The monoisotopic (exact) mass is 495 g/mol. The van der Waals surface area contributed by atoms with Crippen LogP contribution in [0.2, 0.25) is 0 Å². The number of carbonyl (C=O) groups is 1. The van der Waals surface area contributed by atoms with Crippen LogP contribution in [0.4, 0.5) is 14.6 Å². The van der Waals surface area contributed by atoms with E-state index < -0.39 is 34.0 Å². The summed E-state index contributed by atoms with van der Waals surface area (Å²) in [6, 6.07) is 5.73. The average Bonchev–Trinajstić information content (AvgIpc) is 3.12. The number of methoxy groups -OCH3 is 1. The van der Waals surface area contributed by atoms with Gasteiger partial charge in [0.05, 0.1) is 23.9 Å². The SMILES string of the molecule is COCCCOc1cnc(NC(=O)/C(=C/[C@H]2C[C@@H](F)[C@@H](F)C2)c2ccc(S(C)(=O)=O)cc2)cn1. The van der Waals surface area contributed by atoms with E-state index in [9.17, 15) is 22.0 Å². The number of rotatable bonds is 10. The molecule has 0 saturated heterocycles. The fraction of sp³-hybridized carbons (Fsp3) is 0.435. The van der Waals surface area contributed by atoms with Crippen molar-refractivity contribution in [1.29, 1.82) is 0 Å². The van der Waals surface area contributed by atoms with Crippen molar-refractivity contribution < 1.29 is 31.5 Å². The van der Waals surface area contributed by atoms with E-state index in [4.69, 9.17) is 9.47 Å². The molecule has 0 spiro atoms. The maximum atomic E-state index is 13.7. The third-order valence-corrected chi connectivity index (χ3v) is 6.43. The van der Waals surface area contributed by atoms with E-state index in [-0.39, 0.29) is 35.0 Å². The van der Waals surface area contributed by atoms with Crippen LogP contribution in [-0.4, -0.2) is 63.2 Å². The number of carbonyl (C=O) groups excluding carboxylic acids is 1. The van der Waals surface area contributed by atoms with Crippen molar-refractivity contribution in [2.24, 2.45) is 5.92 Å². The Hall–Kier alpha value is -2.92. The smallest absolute Gasteiger partial charge is 0.257 e. The van der Waals surface area contributed by atoms with Gasteiger partial charge in [-0.25, -0.2) is 27.2 Å². The number of anilines is 1. The topological polar surface area (TPSA) is 107 Å². The van der Waals surface area contributed by atoms with Crippen molar-refractivity contribution >= 4 is 27.1 Å². The zero-order valence-corrected chi connectivity index (χ0v) is 19.7. The molecule has 0 unspecified atom stereocenters. The fourth-order valence-corrected chi connectivity index (χ4v) is 4.18. The summed E-state index contributed by atoms with van der Waals surface area (Å²) in [5, 5.41) is 2.62. The molecule has 1 amide bonds. The van der Waals surface area contributed by atoms with Crippen LogP contribution >= 0.6 is 0 Å². The van der Waals surface area contributed by atoms with Gasteiger partial charge in [-0.15, -0.1) is 0 Å². The number of ether oxygens (including phenoxy) is 2. The average molecular weight is 496 g/mol. The summed E-state index contributed by atoms with van der Waals surface area (Å²) in [6.07, 6.45) is 2.75. The van der Waals surface area contributed by atoms with Gasteiger partial charge in [0.2, 0.25) is 5.88 Å². The minimum Gasteiger partial charge on any atom is -0.476 e. The molecule has 11 heteroatoms. The van der Waals surface area contributed by atoms with Crippen LogP contribution in [0.1, 0.15) is 24.8 Å².